The highest BCUT2D eigenvalue weighted by molar-refractivity contribution is 5.85. The molecule has 0 bridgehead atoms. The molecule has 0 saturated carbocycles. The summed E-state index contributed by atoms with van der Waals surface area (Å²) >= 11 is 0. The summed E-state index contributed by atoms with van der Waals surface area (Å²) in [5.41, 5.74) is 6.74. The van der Waals surface area contributed by atoms with Gasteiger partial charge in [-0.1, -0.05) is 6.07 Å². The third kappa shape index (κ3) is 4.80. The van der Waals surface area contributed by atoms with Crippen LogP contribution in [0.4, 0.5) is 0 Å². The first-order valence-electron chi connectivity index (χ1n) is 5.69. The van der Waals surface area contributed by atoms with E-state index in [1.807, 2.05) is 23.1 Å². The maximum Gasteiger partial charge on any atom is 0.223 e. The highest BCUT2D eigenvalue weighted by Crippen LogP contribution is 2.09. The van der Waals surface area contributed by atoms with Gasteiger partial charge >= 0.3 is 0 Å². The molecular weight excluding hydrogens is 273 g/mol. The molecule has 102 valence electrons. The number of carbonyl (C=O) groups is 1. The van der Waals surface area contributed by atoms with Crippen molar-refractivity contribution in [3.8, 4) is 0 Å². The summed E-state index contributed by atoms with van der Waals surface area (Å²) in [4.78, 5) is 17.9. The fraction of sp³-hybridized carbons (Fsp3) is 0.500. The maximum atomic E-state index is 11.8. The van der Waals surface area contributed by atoms with Crippen molar-refractivity contribution in [1.29, 1.82) is 0 Å². The van der Waals surface area contributed by atoms with Crippen LogP contribution in [0, 0.1) is 0 Å². The van der Waals surface area contributed by atoms with Gasteiger partial charge in [-0.05, 0) is 25.0 Å². The molecule has 1 aliphatic rings. The summed E-state index contributed by atoms with van der Waals surface area (Å²) in [6.45, 7) is 1.52. The van der Waals surface area contributed by atoms with Crippen molar-refractivity contribution in [3.05, 3.63) is 30.1 Å². The van der Waals surface area contributed by atoms with Crippen molar-refractivity contribution < 1.29 is 4.79 Å². The normalized spacial score (nSPS) is 17.8. The van der Waals surface area contributed by atoms with Gasteiger partial charge in [0.1, 0.15) is 0 Å². The summed E-state index contributed by atoms with van der Waals surface area (Å²) < 4.78 is 0. The molecule has 2 N–H and O–H groups in total. The lowest BCUT2D eigenvalue weighted by Crippen LogP contribution is -2.32. The lowest BCUT2D eigenvalue weighted by molar-refractivity contribution is -0.130. The summed E-state index contributed by atoms with van der Waals surface area (Å²) in [5, 5.41) is 0. The largest absolute Gasteiger partial charge is 0.341 e. The number of nitrogens with zero attached hydrogens (tertiary/aromatic N) is 2. The van der Waals surface area contributed by atoms with E-state index in [9.17, 15) is 4.79 Å². The number of likely N-dealkylation sites (tertiary alicyclic amines) is 1. The van der Waals surface area contributed by atoms with Crippen LogP contribution in [0.1, 0.15) is 18.5 Å². The molecule has 1 aromatic heterocycles. The number of carbonyl (C=O) groups excluding carboxylic acids is 1. The number of pyridine rings is 1. The minimum atomic E-state index is 0. The van der Waals surface area contributed by atoms with Crippen LogP contribution in [0.3, 0.4) is 0 Å². The fourth-order valence-corrected chi connectivity index (χ4v) is 1.95. The molecule has 1 saturated heterocycles. The molecule has 6 heteroatoms. The minimum Gasteiger partial charge on any atom is -0.341 e. The molecule has 0 unspecified atom stereocenters. The predicted molar refractivity (Wildman–Crippen MR) is 76.2 cm³/mol. The number of nitrogens with two attached hydrogens (primary N) is 1. The molecule has 1 atom stereocenters. The van der Waals surface area contributed by atoms with Gasteiger partial charge in [0.2, 0.25) is 5.91 Å². The highest BCUT2D eigenvalue weighted by Gasteiger charge is 2.22. The van der Waals surface area contributed by atoms with Crippen LogP contribution in [-0.4, -0.2) is 34.9 Å². The molecular formula is C12H19Cl2N3O. The lowest BCUT2D eigenvalue weighted by atomic mass is 10.2. The Morgan fingerprint density at radius 3 is 2.78 bits per heavy atom. The van der Waals surface area contributed by atoms with E-state index in [0.29, 0.717) is 19.4 Å². The van der Waals surface area contributed by atoms with Crippen LogP contribution in [-0.2, 0) is 11.2 Å². The molecule has 0 radical (unpaired) electrons. The topological polar surface area (TPSA) is 59.2 Å². The van der Waals surface area contributed by atoms with Crippen LogP contribution in [0.25, 0.3) is 0 Å². The van der Waals surface area contributed by atoms with Crippen LogP contribution in [0.15, 0.2) is 24.4 Å². The molecule has 1 aliphatic heterocycles. The Labute approximate surface area is 120 Å². The van der Waals surface area contributed by atoms with E-state index in [4.69, 9.17) is 5.73 Å². The first-order valence-corrected chi connectivity index (χ1v) is 5.69. The number of aryl methyl sites for hydroxylation is 1. The molecule has 2 rings (SSSR count). The number of aromatic nitrogens is 1. The Balaban J connectivity index is 0.00000144. The third-order valence-corrected chi connectivity index (χ3v) is 2.90. The first kappa shape index (κ1) is 17.2. The second-order valence-corrected chi connectivity index (χ2v) is 4.21. The summed E-state index contributed by atoms with van der Waals surface area (Å²) in [6.07, 6.45) is 3.93. The zero-order valence-corrected chi connectivity index (χ0v) is 11.8. The molecule has 1 aromatic rings. The van der Waals surface area contributed by atoms with Crippen molar-refractivity contribution in [2.75, 3.05) is 13.1 Å². The van der Waals surface area contributed by atoms with Gasteiger partial charge in [0.15, 0.2) is 0 Å². The van der Waals surface area contributed by atoms with Crippen molar-refractivity contribution >= 4 is 30.7 Å². The van der Waals surface area contributed by atoms with Gasteiger partial charge in [-0.2, -0.15) is 0 Å². The molecule has 0 aromatic carbocycles. The van der Waals surface area contributed by atoms with Gasteiger partial charge in [0.05, 0.1) is 0 Å². The molecule has 18 heavy (non-hydrogen) atoms. The third-order valence-electron chi connectivity index (χ3n) is 2.90. The molecule has 0 aliphatic carbocycles. The zero-order valence-electron chi connectivity index (χ0n) is 10.1. The number of halogens is 2. The minimum absolute atomic E-state index is 0. The SMILES string of the molecule is Cl.Cl.N[C@H]1CCN(C(=O)CCc2ccccn2)C1. The van der Waals surface area contributed by atoms with E-state index in [1.165, 1.54) is 0 Å². The summed E-state index contributed by atoms with van der Waals surface area (Å²) in [7, 11) is 0. The molecule has 1 amide bonds. The van der Waals surface area contributed by atoms with E-state index in [-0.39, 0.29) is 36.8 Å². The Morgan fingerprint density at radius 2 is 2.22 bits per heavy atom. The van der Waals surface area contributed by atoms with E-state index in [1.54, 1.807) is 6.20 Å². The van der Waals surface area contributed by atoms with Crippen molar-refractivity contribution in [1.82, 2.24) is 9.88 Å². The van der Waals surface area contributed by atoms with Crippen LogP contribution in [0.5, 0.6) is 0 Å². The van der Waals surface area contributed by atoms with E-state index >= 15 is 0 Å². The van der Waals surface area contributed by atoms with Crippen LogP contribution >= 0.6 is 24.8 Å². The van der Waals surface area contributed by atoms with E-state index in [0.717, 1.165) is 18.7 Å². The number of amides is 1. The predicted octanol–water partition coefficient (Wildman–Crippen LogP) is 1.42. The standard InChI is InChI=1S/C12H17N3O.2ClH/c13-10-6-8-15(9-10)12(16)5-4-11-3-1-2-7-14-11;;/h1-3,7,10H,4-6,8-9,13H2;2*1H/t10-;;/m0../s1. The quantitative estimate of drug-likeness (QED) is 0.916. The van der Waals surface area contributed by atoms with Gasteiger partial charge < -0.3 is 10.6 Å². The van der Waals surface area contributed by atoms with Crippen molar-refractivity contribution in [2.24, 2.45) is 5.73 Å². The first-order chi connectivity index (χ1) is 7.75. The summed E-state index contributed by atoms with van der Waals surface area (Å²) in [5.74, 6) is 0.193. The average molecular weight is 292 g/mol. The monoisotopic (exact) mass is 291 g/mol. The smallest absolute Gasteiger partial charge is 0.223 e. The molecule has 0 spiro atoms. The Hall–Kier alpha value is -0.840. The summed E-state index contributed by atoms with van der Waals surface area (Å²) in [6, 6.07) is 5.94. The fourth-order valence-electron chi connectivity index (χ4n) is 1.95. The molecule has 4 nitrogen and oxygen atoms in total. The van der Waals surface area contributed by atoms with Crippen LogP contribution < -0.4 is 5.73 Å². The van der Waals surface area contributed by atoms with Crippen molar-refractivity contribution in [3.63, 3.8) is 0 Å². The van der Waals surface area contributed by atoms with E-state index in [2.05, 4.69) is 4.98 Å². The van der Waals surface area contributed by atoms with Gasteiger partial charge in [-0.15, -0.1) is 24.8 Å². The highest BCUT2D eigenvalue weighted by atomic mass is 35.5. The average Bonchev–Trinajstić information content (AvgIpc) is 2.74. The second-order valence-electron chi connectivity index (χ2n) is 4.21. The molecule has 2 heterocycles. The van der Waals surface area contributed by atoms with Crippen molar-refractivity contribution in [2.45, 2.75) is 25.3 Å². The molecule has 1 fully saturated rings. The Bertz CT molecular complexity index is 362. The van der Waals surface area contributed by atoms with Gasteiger partial charge in [0, 0.05) is 37.4 Å². The maximum absolute atomic E-state index is 11.8. The van der Waals surface area contributed by atoms with Gasteiger partial charge in [0.25, 0.3) is 0 Å². The Morgan fingerprint density at radius 1 is 1.44 bits per heavy atom. The van der Waals surface area contributed by atoms with Gasteiger partial charge in [-0.3, -0.25) is 9.78 Å². The number of hydrogen-bond donors (Lipinski definition) is 1. The van der Waals surface area contributed by atoms with Gasteiger partial charge in [-0.25, -0.2) is 0 Å². The number of hydrogen-bond acceptors (Lipinski definition) is 3. The lowest BCUT2D eigenvalue weighted by Gasteiger charge is -2.15. The Kier molecular flexibility index (Phi) is 7.91. The van der Waals surface area contributed by atoms with E-state index < -0.39 is 0 Å². The zero-order chi connectivity index (χ0) is 11.4. The van der Waals surface area contributed by atoms with Crippen LogP contribution in [0.2, 0.25) is 0 Å². The second kappa shape index (κ2) is 8.29. The number of rotatable bonds is 3.